The summed E-state index contributed by atoms with van der Waals surface area (Å²) in [4.78, 5) is 31.0. The standard InChI is InChI=1S/C24H21ClF2N2O3S/c1-14(21(30)15-6-10-17(25)11-7-15)33-24-28-19-4-2-3-5-20(19)29(24)22(31)16-8-12-18(13-9-16)32-23(26)27/h6-14,23H,2-5H2,1H3/t14-/m1/s1. The minimum absolute atomic E-state index is 0.0222. The molecule has 9 heteroatoms. The van der Waals surface area contributed by atoms with E-state index < -0.39 is 11.9 Å². The lowest BCUT2D eigenvalue weighted by Gasteiger charge is -2.15. The Morgan fingerprint density at radius 1 is 1.03 bits per heavy atom. The highest BCUT2D eigenvalue weighted by atomic mass is 35.5. The Kier molecular flexibility index (Phi) is 7.14. The summed E-state index contributed by atoms with van der Waals surface area (Å²) in [7, 11) is 0. The number of aryl methyl sites for hydroxylation is 1. The minimum atomic E-state index is -2.94. The molecule has 0 spiro atoms. The van der Waals surface area contributed by atoms with Crippen LogP contribution >= 0.6 is 23.4 Å². The highest BCUT2D eigenvalue weighted by molar-refractivity contribution is 8.00. The molecular weight excluding hydrogens is 470 g/mol. The molecule has 0 fully saturated rings. The lowest BCUT2D eigenvalue weighted by atomic mass is 10.0. The monoisotopic (exact) mass is 490 g/mol. The molecule has 0 aliphatic heterocycles. The molecule has 3 aromatic rings. The van der Waals surface area contributed by atoms with Crippen molar-refractivity contribution in [1.82, 2.24) is 9.55 Å². The first-order valence-electron chi connectivity index (χ1n) is 10.5. The van der Waals surface area contributed by atoms with Gasteiger partial charge in [0.05, 0.1) is 10.9 Å². The first kappa shape index (κ1) is 23.4. The van der Waals surface area contributed by atoms with E-state index in [1.165, 1.54) is 36.0 Å². The molecule has 1 heterocycles. The minimum Gasteiger partial charge on any atom is -0.435 e. The van der Waals surface area contributed by atoms with E-state index in [4.69, 9.17) is 16.6 Å². The van der Waals surface area contributed by atoms with Gasteiger partial charge in [-0.2, -0.15) is 8.78 Å². The molecule has 33 heavy (non-hydrogen) atoms. The van der Waals surface area contributed by atoms with Crippen LogP contribution in [0.5, 0.6) is 5.75 Å². The summed E-state index contributed by atoms with van der Waals surface area (Å²) in [5, 5.41) is 0.517. The van der Waals surface area contributed by atoms with Gasteiger partial charge in [0.15, 0.2) is 10.9 Å². The first-order chi connectivity index (χ1) is 15.8. The van der Waals surface area contributed by atoms with Gasteiger partial charge in [-0.05, 0) is 81.1 Å². The molecule has 5 nitrogen and oxygen atoms in total. The Labute approximate surface area is 199 Å². The number of carbonyl (C=O) groups excluding carboxylic acids is 2. The Morgan fingerprint density at radius 2 is 1.67 bits per heavy atom. The van der Waals surface area contributed by atoms with Crippen LogP contribution in [-0.2, 0) is 12.8 Å². The number of carbonyl (C=O) groups is 2. The molecule has 1 aliphatic rings. The SMILES string of the molecule is C[C@@H](Sc1nc2c(n1C(=O)c1ccc(OC(F)F)cc1)CCCC2)C(=O)c1ccc(Cl)cc1. The highest BCUT2D eigenvalue weighted by Crippen LogP contribution is 2.32. The molecule has 0 saturated heterocycles. The van der Waals surface area contributed by atoms with Gasteiger partial charge < -0.3 is 4.74 Å². The van der Waals surface area contributed by atoms with E-state index in [2.05, 4.69) is 4.74 Å². The second-order valence-electron chi connectivity index (χ2n) is 7.67. The summed E-state index contributed by atoms with van der Waals surface area (Å²) in [5.41, 5.74) is 2.55. The second kappa shape index (κ2) is 10.1. The molecule has 2 aromatic carbocycles. The zero-order valence-electron chi connectivity index (χ0n) is 17.8. The smallest absolute Gasteiger partial charge is 0.387 e. The van der Waals surface area contributed by atoms with Crippen molar-refractivity contribution in [1.29, 1.82) is 0 Å². The molecule has 1 aromatic heterocycles. The van der Waals surface area contributed by atoms with Gasteiger partial charge in [-0.1, -0.05) is 23.4 Å². The Balaban J connectivity index is 1.62. The van der Waals surface area contributed by atoms with Crippen molar-refractivity contribution in [3.63, 3.8) is 0 Å². The predicted octanol–water partition coefficient (Wildman–Crippen LogP) is 6.07. The molecule has 0 radical (unpaired) electrons. The van der Waals surface area contributed by atoms with E-state index >= 15 is 0 Å². The molecule has 1 aliphatic carbocycles. The lowest BCUT2D eigenvalue weighted by molar-refractivity contribution is -0.0498. The van der Waals surface area contributed by atoms with Gasteiger partial charge >= 0.3 is 6.61 Å². The van der Waals surface area contributed by atoms with Crippen LogP contribution in [-0.4, -0.2) is 33.1 Å². The molecule has 0 unspecified atom stereocenters. The number of rotatable bonds is 7. The number of alkyl halides is 2. The van der Waals surface area contributed by atoms with Crippen LogP contribution in [0.1, 0.15) is 51.9 Å². The molecule has 0 N–H and O–H groups in total. The molecule has 0 amide bonds. The number of nitrogens with zero attached hydrogens (tertiary/aromatic N) is 2. The number of hydrogen-bond donors (Lipinski definition) is 0. The van der Waals surface area contributed by atoms with Crippen LogP contribution in [0.25, 0.3) is 0 Å². The largest absolute Gasteiger partial charge is 0.435 e. The number of aromatic nitrogens is 2. The van der Waals surface area contributed by atoms with Gasteiger partial charge in [0, 0.05) is 21.8 Å². The summed E-state index contributed by atoms with van der Waals surface area (Å²) in [6, 6.07) is 12.2. The molecule has 4 rings (SSSR count). The molecule has 172 valence electrons. The van der Waals surface area contributed by atoms with Crippen LogP contribution in [0.4, 0.5) is 8.78 Å². The van der Waals surface area contributed by atoms with E-state index in [1.807, 2.05) is 0 Å². The maximum absolute atomic E-state index is 13.4. The van der Waals surface area contributed by atoms with Gasteiger partial charge in [-0.25, -0.2) is 4.98 Å². The Hall–Kier alpha value is -2.71. The van der Waals surface area contributed by atoms with Gasteiger partial charge in [-0.3, -0.25) is 14.2 Å². The van der Waals surface area contributed by atoms with Crippen LogP contribution in [0, 0.1) is 0 Å². The predicted molar refractivity (Wildman–Crippen MR) is 123 cm³/mol. The van der Waals surface area contributed by atoms with E-state index in [-0.39, 0.29) is 17.4 Å². The first-order valence-corrected chi connectivity index (χ1v) is 11.8. The lowest BCUT2D eigenvalue weighted by Crippen LogP contribution is -2.20. The average molecular weight is 491 g/mol. The van der Waals surface area contributed by atoms with Crippen molar-refractivity contribution in [2.45, 2.75) is 49.6 Å². The number of halogens is 3. The average Bonchev–Trinajstić information content (AvgIpc) is 3.16. The third kappa shape index (κ3) is 5.28. The summed E-state index contributed by atoms with van der Waals surface area (Å²) in [6.07, 6.45) is 3.41. The van der Waals surface area contributed by atoms with Crippen LogP contribution in [0.15, 0.2) is 53.7 Å². The van der Waals surface area contributed by atoms with Crippen molar-refractivity contribution in [2.75, 3.05) is 0 Å². The zero-order valence-corrected chi connectivity index (χ0v) is 19.3. The fraction of sp³-hybridized carbons (Fsp3) is 0.292. The Bertz CT molecular complexity index is 1160. The number of fused-ring (bicyclic) bond motifs is 1. The molecule has 0 bridgehead atoms. The number of hydrogen-bond acceptors (Lipinski definition) is 5. The van der Waals surface area contributed by atoms with Gasteiger partial charge in [0.25, 0.3) is 5.91 Å². The van der Waals surface area contributed by atoms with Crippen molar-refractivity contribution in [2.24, 2.45) is 0 Å². The number of ether oxygens (including phenoxy) is 1. The van der Waals surface area contributed by atoms with E-state index in [0.717, 1.165) is 30.7 Å². The zero-order chi connectivity index (χ0) is 23.5. The third-order valence-corrected chi connectivity index (χ3v) is 6.72. The fourth-order valence-electron chi connectivity index (χ4n) is 3.77. The van der Waals surface area contributed by atoms with Crippen LogP contribution < -0.4 is 4.74 Å². The topological polar surface area (TPSA) is 61.2 Å². The second-order valence-corrected chi connectivity index (χ2v) is 9.41. The van der Waals surface area contributed by atoms with E-state index in [0.29, 0.717) is 27.7 Å². The fourth-order valence-corrected chi connectivity index (χ4v) is 4.92. The maximum Gasteiger partial charge on any atom is 0.387 e. The molecular formula is C24H21ClF2N2O3S. The maximum atomic E-state index is 13.4. The molecule has 0 saturated carbocycles. The highest BCUT2D eigenvalue weighted by Gasteiger charge is 2.28. The van der Waals surface area contributed by atoms with Gasteiger partial charge in [0.2, 0.25) is 0 Å². The van der Waals surface area contributed by atoms with Crippen molar-refractivity contribution in [3.05, 3.63) is 76.1 Å². The summed E-state index contributed by atoms with van der Waals surface area (Å²) in [5.74, 6) is -0.431. The summed E-state index contributed by atoms with van der Waals surface area (Å²) in [6.45, 7) is -1.16. The third-order valence-electron chi connectivity index (χ3n) is 5.41. The number of Topliss-reactive ketones (excluding diaryl/α,β-unsaturated/α-hetero) is 1. The van der Waals surface area contributed by atoms with E-state index in [9.17, 15) is 18.4 Å². The number of ketones is 1. The van der Waals surface area contributed by atoms with E-state index in [1.54, 1.807) is 35.8 Å². The van der Waals surface area contributed by atoms with Crippen molar-refractivity contribution in [3.8, 4) is 5.75 Å². The summed E-state index contributed by atoms with van der Waals surface area (Å²) < 4.78 is 30.8. The van der Waals surface area contributed by atoms with Crippen LogP contribution in [0.3, 0.4) is 0 Å². The van der Waals surface area contributed by atoms with Crippen LogP contribution in [0.2, 0.25) is 5.02 Å². The Morgan fingerprint density at radius 3 is 2.33 bits per heavy atom. The van der Waals surface area contributed by atoms with Crippen molar-refractivity contribution < 1.29 is 23.1 Å². The summed E-state index contributed by atoms with van der Waals surface area (Å²) >= 11 is 7.15. The van der Waals surface area contributed by atoms with Gasteiger partial charge in [0.1, 0.15) is 5.75 Å². The van der Waals surface area contributed by atoms with Crippen molar-refractivity contribution >= 4 is 35.1 Å². The quantitative estimate of drug-likeness (QED) is 0.297. The van der Waals surface area contributed by atoms with Gasteiger partial charge in [-0.15, -0.1) is 0 Å². The normalized spacial score (nSPS) is 14.1. The number of imidazole rings is 1. The number of benzene rings is 2. The number of thioether (sulfide) groups is 1. The molecule has 1 atom stereocenters.